The number of anilines is 1. The number of nitrogens with zero attached hydrogens (tertiary/aromatic N) is 3. The molecule has 2 aromatic rings. The molecule has 1 atom stereocenters. The SMILES string of the molecule is CC[C@@H](C(=O)NC)N(Cc1ccc(Cl)cc1Cl)C(=O)CN(c1cccc([N+](=O)[O-])c1)S(C)(=O)=O. The van der Waals surface area contributed by atoms with Crippen LogP contribution in [0, 0.1) is 10.1 Å². The minimum Gasteiger partial charge on any atom is -0.357 e. The van der Waals surface area contributed by atoms with Crippen molar-refractivity contribution in [1.82, 2.24) is 10.2 Å². The third-order valence-corrected chi connectivity index (χ3v) is 6.72. The maximum atomic E-state index is 13.4. The Morgan fingerprint density at radius 2 is 1.85 bits per heavy atom. The quantitative estimate of drug-likeness (QED) is 0.370. The second-order valence-corrected chi connectivity index (χ2v) is 10.1. The van der Waals surface area contributed by atoms with E-state index in [1.165, 1.54) is 36.2 Å². The number of halogens is 2. The smallest absolute Gasteiger partial charge is 0.271 e. The Morgan fingerprint density at radius 1 is 1.18 bits per heavy atom. The van der Waals surface area contributed by atoms with Crippen LogP contribution in [0.5, 0.6) is 0 Å². The van der Waals surface area contributed by atoms with Gasteiger partial charge in [-0.3, -0.25) is 24.0 Å². The summed E-state index contributed by atoms with van der Waals surface area (Å²) in [5.41, 5.74) is 0.116. The Balaban J connectivity index is 2.49. The van der Waals surface area contributed by atoms with Crippen LogP contribution in [0.1, 0.15) is 18.9 Å². The highest BCUT2D eigenvalue weighted by molar-refractivity contribution is 7.92. The molecular weight excluding hydrogens is 507 g/mol. The topological polar surface area (TPSA) is 130 Å². The Morgan fingerprint density at radius 3 is 2.38 bits per heavy atom. The lowest BCUT2D eigenvalue weighted by molar-refractivity contribution is -0.384. The van der Waals surface area contributed by atoms with Crippen molar-refractivity contribution in [2.24, 2.45) is 0 Å². The minimum atomic E-state index is -4.01. The summed E-state index contributed by atoms with van der Waals surface area (Å²) in [6, 6.07) is 8.70. The summed E-state index contributed by atoms with van der Waals surface area (Å²) >= 11 is 12.2. The molecule has 13 heteroatoms. The average Bonchev–Trinajstić information content (AvgIpc) is 2.77. The standard InChI is InChI=1S/C21H24Cl2N4O6S/c1-4-19(21(29)24-2)25(12-14-8-9-15(22)10-18(14)23)20(28)13-26(34(3,32)33)16-6-5-7-17(11-16)27(30)31/h5-11,19H,4,12-13H2,1-3H3,(H,24,29)/t19-/m0/s1. The molecular formula is C21H24Cl2N4O6S. The molecule has 0 unspecified atom stereocenters. The summed E-state index contributed by atoms with van der Waals surface area (Å²) in [6.45, 7) is 0.935. The van der Waals surface area contributed by atoms with Gasteiger partial charge in [-0.25, -0.2) is 8.42 Å². The van der Waals surface area contributed by atoms with E-state index in [-0.39, 0.29) is 29.4 Å². The van der Waals surface area contributed by atoms with Gasteiger partial charge in [-0.05, 0) is 30.2 Å². The Kier molecular flexibility index (Phi) is 9.25. The lowest BCUT2D eigenvalue weighted by Gasteiger charge is -2.32. The Hall–Kier alpha value is -2.89. The zero-order valence-electron chi connectivity index (χ0n) is 18.7. The van der Waals surface area contributed by atoms with Crippen LogP contribution in [0.3, 0.4) is 0 Å². The van der Waals surface area contributed by atoms with E-state index < -0.39 is 39.3 Å². The van der Waals surface area contributed by atoms with Gasteiger partial charge >= 0.3 is 0 Å². The van der Waals surface area contributed by atoms with E-state index in [4.69, 9.17) is 23.2 Å². The zero-order valence-corrected chi connectivity index (χ0v) is 21.0. The average molecular weight is 531 g/mol. The molecule has 0 aromatic heterocycles. The van der Waals surface area contributed by atoms with Crippen molar-refractivity contribution in [2.45, 2.75) is 25.9 Å². The van der Waals surface area contributed by atoms with Crippen LogP contribution in [0.4, 0.5) is 11.4 Å². The van der Waals surface area contributed by atoms with Crippen LogP contribution in [-0.4, -0.2) is 55.9 Å². The van der Waals surface area contributed by atoms with E-state index in [2.05, 4.69) is 5.32 Å². The normalized spacial score (nSPS) is 12.0. The van der Waals surface area contributed by atoms with Gasteiger partial charge in [0.2, 0.25) is 21.8 Å². The number of nitro benzene ring substituents is 1. The summed E-state index contributed by atoms with van der Waals surface area (Å²) in [7, 11) is -2.59. The number of likely N-dealkylation sites (N-methyl/N-ethyl adjacent to an activating group) is 1. The highest BCUT2D eigenvalue weighted by atomic mass is 35.5. The summed E-state index contributed by atoms with van der Waals surface area (Å²) < 4.78 is 25.8. The molecule has 0 aliphatic carbocycles. The van der Waals surface area contributed by atoms with E-state index in [9.17, 15) is 28.1 Å². The molecule has 0 spiro atoms. The van der Waals surface area contributed by atoms with Crippen LogP contribution in [0.25, 0.3) is 0 Å². The molecule has 184 valence electrons. The maximum absolute atomic E-state index is 13.4. The van der Waals surface area contributed by atoms with Crippen LogP contribution < -0.4 is 9.62 Å². The second-order valence-electron chi connectivity index (χ2n) is 7.34. The number of nitro groups is 1. The number of non-ortho nitro benzene ring substituents is 1. The molecule has 0 fully saturated rings. The van der Waals surface area contributed by atoms with E-state index in [0.29, 0.717) is 10.6 Å². The first-order valence-corrected chi connectivity index (χ1v) is 12.7. The number of hydrogen-bond acceptors (Lipinski definition) is 6. The van der Waals surface area contributed by atoms with Gasteiger partial charge in [0, 0.05) is 35.8 Å². The molecule has 2 rings (SSSR count). The number of carbonyl (C=O) groups excluding carboxylic acids is 2. The summed E-state index contributed by atoms with van der Waals surface area (Å²) in [5.74, 6) is -1.14. The van der Waals surface area contributed by atoms with Crippen molar-refractivity contribution in [3.05, 3.63) is 68.2 Å². The van der Waals surface area contributed by atoms with Crippen LogP contribution in [0.2, 0.25) is 10.0 Å². The molecule has 0 saturated carbocycles. The number of nitrogens with one attached hydrogen (secondary N) is 1. The fourth-order valence-electron chi connectivity index (χ4n) is 3.29. The molecule has 0 heterocycles. The largest absolute Gasteiger partial charge is 0.357 e. The highest BCUT2D eigenvalue weighted by Gasteiger charge is 2.32. The summed E-state index contributed by atoms with van der Waals surface area (Å²) in [4.78, 5) is 37.7. The first kappa shape index (κ1) is 27.4. The number of sulfonamides is 1. The lowest BCUT2D eigenvalue weighted by atomic mass is 10.1. The Bertz CT molecular complexity index is 1190. The molecule has 34 heavy (non-hydrogen) atoms. The molecule has 10 nitrogen and oxygen atoms in total. The number of carbonyl (C=O) groups is 2. The van der Waals surface area contributed by atoms with Crippen molar-refractivity contribution in [2.75, 3.05) is 24.2 Å². The Labute approximate surface area is 207 Å². The molecule has 1 N–H and O–H groups in total. The third kappa shape index (κ3) is 6.81. The van der Waals surface area contributed by atoms with E-state index in [0.717, 1.165) is 16.6 Å². The van der Waals surface area contributed by atoms with Crippen LogP contribution in [-0.2, 0) is 26.2 Å². The molecule has 0 saturated heterocycles. The van der Waals surface area contributed by atoms with Crippen LogP contribution >= 0.6 is 23.2 Å². The molecule has 0 aliphatic rings. The number of hydrogen-bond donors (Lipinski definition) is 1. The lowest BCUT2D eigenvalue weighted by Crippen LogP contribution is -2.51. The fraction of sp³-hybridized carbons (Fsp3) is 0.333. The van der Waals surface area contributed by atoms with Crippen molar-refractivity contribution >= 4 is 56.4 Å². The first-order chi connectivity index (χ1) is 15.9. The predicted octanol–water partition coefficient (Wildman–Crippen LogP) is 3.22. The molecule has 0 aliphatic heterocycles. The van der Waals surface area contributed by atoms with Gasteiger partial charge in [0.15, 0.2) is 0 Å². The summed E-state index contributed by atoms with van der Waals surface area (Å²) in [5, 5.41) is 14.3. The monoisotopic (exact) mass is 530 g/mol. The molecule has 2 aromatic carbocycles. The zero-order chi connectivity index (χ0) is 25.6. The number of rotatable bonds is 10. The third-order valence-electron chi connectivity index (χ3n) is 5.00. The molecule has 0 bridgehead atoms. The van der Waals surface area contributed by atoms with E-state index in [1.807, 2.05) is 0 Å². The van der Waals surface area contributed by atoms with Gasteiger partial charge in [0.25, 0.3) is 5.69 Å². The highest BCUT2D eigenvalue weighted by Crippen LogP contribution is 2.26. The summed E-state index contributed by atoms with van der Waals surface area (Å²) in [6.07, 6.45) is 1.13. The number of amides is 2. The predicted molar refractivity (Wildman–Crippen MR) is 130 cm³/mol. The van der Waals surface area contributed by atoms with Gasteiger partial charge in [-0.2, -0.15) is 0 Å². The number of benzene rings is 2. The minimum absolute atomic E-state index is 0.0532. The van der Waals surface area contributed by atoms with Gasteiger partial charge < -0.3 is 10.2 Å². The van der Waals surface area contributed by atoms with Crippen molar-refractivity contribution in [3.8, 4) is 0 Å². The maximum Gasteiger partial charge on any atom is 0.271 e. The van der Waals surface area contributed by atoms with Gasteiger partial charge in [-0.1, -0.05) is 42.3 Å². The van der Waals surface area contributed by atoms with Crippen molar-refractivity contribution in [3.63, 3.8) is 0 Å². The van der Waals surface area contributed by atoms with Gasteiger partial charge in [0.05, 0.1) is 16.9 Å². The first-order valence-electron chi connectivity index (χ1n) is 10.1. The molecule has 2 amide bonds. The van der Waals surface area contributed by atoms with E-state index >= 15 is 0 Å². The van der Waals surface area contributed by atoms with Crippen LogP contribution in [0.15, 0.2) is 42.5 Å². The molecule has 0 radical (unpaired) electrons. The van der Waals surface area contributed by atoms with Gasteiger partial charge in [-0.15, -0.1) is 0 Å². The fourth-order valence-corrected chi connectivity index (χ4v) is 4.60. The van der Waals surface area contributed by atoms with E-state index in [1.54, 1.807) is 19.1 Å². The van der Waals surface area contributed by atoms with Gasteiger partial charge in [0.1, 0.15) is 12.6 Å². The van der Waals surface area contributed by atoms with Crippen molar-refractivity contribution < 1.29 is 22.9 Å². The van der Waals surface area contributed by atoms with Crippen molar-refractivity contribution in [1.29, 1.82) is 0 Å². The second kappa shape index (κ2) is 11.5.